The highest BCUT2D eigenvalue weighted by Crippen LogP contribution is 2.24. The number of carbonyl (C=O) groups excluding carboxylic acids is 2. The van der Waals surface area contributed by atoms with Crippen LogP contribution in [-0.4, -0.2) is 35.5 Å². The van der Waals surface area contributed by atoms with Gasteiger partial charge in [-0.1, -0.05) is 6.07 Å². The van der Waals surface area contributed by atoms with E-state index in [1.54, 1.807) is 33.8 Å². The van der Waals surface area contributed by atoms with Gasteiger partial charge in [-0.25, -0.2) is 9.18 Å². The second kappa shape index (κ2) is 5.47. The van der Waals surface area contributed by atoms with Gasteiger partial charge in [0, 0.05) is 18.7 Å². The Labute approximate surface area is 123 Å². The highest BCUT2D eigenvalue weighted by molar-refractivity contribution is 6.00. The Hall–Kier alpha value is -1.91. The summed E-state index contributed by atoms with van der Waals surface area (Å²) in [5.74, 6) is -0.822. The predicted octanol–water partition coefficient (Wildman–Crippen LogP) is 3.18. The van der Waals surface area contributed by atoms with E-state index in [1.165, 1.54) is 17.0 Å². The normalized spacial score (nSPS) is 15.6. The predicted molar refractivity (Wildman–Crippen MR) is 76.8 cm³/mol. The van der Waals surface area contributed by atoms with Crippen LogP contribution in [0.25, 0.3) is 0 Å². The summed E-state index contributed by atoms with van der Waals surface area (Å²) in [4.78, 5) is 25.6. The fraction of sp³-hybridized carbons (Fsp3) is 0.500. The first-order chi connectivity index (χ1) is 9.67. The molecule has 0 spiro atoms. The summed E-state index contributed by atoms with van der Waals surface area (Å²) >= 11 is 0. The zero-order chi connectivity index (χ0) is 15.8. The van der Waals surface area contributed by atoms with Crippen molar-refractivity contribution in [3.8, 4) is 0 Å². The van der Waals surface area contributed by atoms with Gasteiger partial charge in [0.1, 0.15) is 11.4 Å². The number of halogens is 1. The minimum absolute atomic E-state index is 0.119. The first kappa shape index (κ1) is 15.5. The second-order valence-electron chi connectivity index (χ2n) is 6.41. The van der Waals surface area contributed by atoms with Crippen LogP contribution in [0.5, 0.6) is 0 Å². The van der Waals surface area contributed by atoms with Gasteiger partial charge in [-0.15, -0.1) is 0 Å². The molecule has 5 heteroatoms. The maximum absolute atomic E-state index is 13.2. The van der Waals surface area contributed by atoms with E-state index in [1.807, 2.05) is 0 Å². The van der Waals surface area contributed by atoms with Gasteiger partial charge in [-0.2, -0.15) is 0 Å². The van der Waals surface area contributed by atoms with E-state index in [9.17, 15) is 14.0 Å². The molecule has 0 radical (unpaired) electrons. The Morgan fingerprint density at radius 2 is 1.90 bits per heavy atom. The summed E-state index contributed by atoms with van der Waals surface area (Å²) in [5, 5.41) is 0. The second-order valence-corrected chi connectivity index (χ2v) is 6.41. The summed E-state index contributed by atoms with van der Waals surface area (Å²) < 4.78 is 18.5. The van der Waals surface area contributed by atoms with Crippen molar-refractivity contribution in [2.24, 2.45) is 5.92 Å². The molecular formula is C16H20FNO3. The van der Waals surface area contributed by atoms with Crippen molar-refractivity contribution in [1.82, 2.24) is 4.90 Å². The van der Waals surface area contributed by atoms with Gasteiger partial charge in [0.25, 0.3) is 0 Å². The molecule has 1 aliphatic heterocycles. The van der Waals surface area contributed by atoms with Crippen LogP contribution in [0.3, 0.4) is 0 Å². The molecule has 21 heavy (non-hydrogen) atoms. The first-order valence-corrected chi connectivity index (χ1v) is 6.95. The monoisotopic (exact) mass is 293 g/mol. The average molecular weight is 293 g/mol. The highest BCUT2D eigenvalue weighted by atomic mass is 19.1. The number of aryl methyl sites for hydroxylation is 1. The Morgan fingerprint density at radius 1 is 1.29 bits per heavy atom. The number of likely N-dealkylation sites (tertiary alicyclic amines) is 1. The molecule has 0 N–H and O–H groups in total. The van der Waals surface area contributed by atoms with Crippen molar-refractivity contribution < 1.29 is 18.7 Å². The number of amides is 1. The minimum Gasteiger partial charge on any atom is -0.444 e. The highest BCUT2D eigenvalue weighted by Gasteiger charge is 2.38. The molecular weight excluding hydrogens is 273 g/mol. The Kier molecular flexibility index (Phi) is 4.03. The molecule has 1 heterocycles. The van der Waals surface area contributed by atoms with E-state index in [0.29, 0.717) is 18.7 Å². The summed E-state index contributed by atoms with van der Waals surface area (Å²) in [5.41, 5.74) is 0.590. The molecule has 0 unspecified atom stereocenters. The SMILES string of the molecule is Cc1ccc(F)cc1C(=O)C1CN(C(=O)OC(C)(C)C)C1. The largest absolute Gasteiger partial charge is 0.444 e. The number of nitrogens with zero attached hydrogens (tertiary/aromatic N) is 1. The summed E-state index contributed by atoms with van der Waals surface area (Å²) in [6, 6.07) is 4.18. The average Bonchev–Trinajstić information content (AvgIpc) is 2.27. The molecule has 0 atom stereocenters. The van der Waals surface area contributed by atoms with E-state index in [0.717, 1.165) is 5.56 Å². The van der Waals surface area contributed by atoms with E-state index >= 15 is 0 Å². The number of rotatable bonds is 2. The maximum atomic E-state index is 13.2. The third kappa shape index (κ3) is 3.60. The zero-order valence-corrected chi connectivity index (χ0v) is 12.8. The molecule has 1 aromatic carbocycles. The van der Waals surface area contributed by atoms with Gasteiger partial charge in [0.15, 0.2) is 5.78 Å². The molecule has 0 aliphatic carbocycles. The number of hydrogen-bond acceptors (Lipinski definition) is 3. The minimum atomic E-state index is -0.550. The van der Waals surface area contributed by atoms with Crippen LogP contribution >= 0.6 is 0 Å². The number of ketones is 1. The van der Waals surface area contributed by atoms with Crippen LogP contribution < -0.4 is 0 Å². The summed E-state index contributed by atoms with van der Waals surface area (Å²) in [7, 11) is 0. The van der Waals surface area contributed by atoms with E-state index in [-0.39, 0.29) is 11.7 Å². The molecule has 0 saturated carbocycles. The number of carbonyl (C=O) groups is 2. The smallest absolute Gasteiger partial charge is 0.410 e. The molecule has 1 saturated heterocycles. The molecule has 114 valence electrons. The Balaban J connectivity index is 1.97. The molecule has 0 aromatic heterocycles. The van der Waals surface area contributed by atoms with Crippen molar-refractivity contribution in [2.75, 3.05) is 13.1 Å². The molecule has 2 rings (SSSR count). The van der Waals surface area contributed by atoms with Gasteiger partial charge < -0.3 is 9.64 Å². The van der Waals surface area contributed by atoms with Crippen molar-refractivity contribution in [2.45, 2.75) is 33.3 Å². The number of hydrogen-bond donors (Lipinski definition) is 0. The van der Waals surface area contributed by atoms with E-state index in [2.05, 4.69) is 0 Å². The van der Waals surface area contributed by atoms with Crippen LogP contribution in [0.15, 0.2) is 18.2 Å². The van der Waals surface area contributed by atoms with Crippen LogP contribution in [0.4, 0.5) is 9.18 Å². The van der Waals surface area contributed by atoms with Crippen LogP contribution in [0.2, 0.25) is 0 Å². The van der Waals surface area contributed by atoms with Gasteiger partial charge in [0.2, 0.25) is 0 Å². The van der Waals surface area contributed by atoms with Crippen molar-refractivity contribution in [3.05, 3.63) is 35.1 Å². The lowest BCUT2D eigenvalue weighted by Gasteiger charge is -2.39. The first-order valence-electron chi connectivity index (χ1n) is 6.95. The number of benzene rings is 1. The fourth-order valence-electron chi connectivity index (χ4n) is 2.20. The van der Waals surface area contributed by atoms with Crippen molar-refractivity contribution in [3.63, 3.8) is 0 Å². The number of Topliss-reactive ketones (excluding diaryl/α,β-unsaturated/α-hetero) is 1. The van der Waals surface area contributed by atoms with Gasteiger partial charge >= 0.3 is 6.09 Å². The lowest BCUT2D eigenvalue weighted by Crippen LogP contribution is -2.54. The van der Waals surface area contributed by atoms with Crippen LogP contribution in [0.1, 0.15) is 36.7 Å². The quantitative estimate of drug-likeness (QED) is 0.787. The molecule has 1 amide bonds. The lowest BCUT2D eigenvalue weighted by molar-refractivity contribution is 0.00147. The van der Waals surface area contributed by atoms with Crippen LogP contribution in [0, 0.1) is 18.7 Å². The van der Waals surface area contributed by atoms with Crippen molar-refractivity contribution >= 4 is 11.9 Å². The van der Waals surface area contributed by atoms with E-state index < -0.39 is 17.5 Å². The molecule has 1 aromatic rings. The van der Waals surface area contributed by atoms with Gasteiger partial charge in [-0.3, -0.25) is 4.79 Å². The third-order valence-corrected chi connectivity index (χ3v) is 3.37. The van der Waals surface area contributed by atoms with Crippen molar-refractivity contribution in [1.29, 1.82) is 0 Å². The topological polar surface area (TPSA) is 46.6 Å². The lowest BCUT2D eigenvalue weighted by atomic mass is 9.89. The fourth-order valence-corrected chi connectivity index (χ4v) is 2.20. The third-order valence-electron chi connectivity index (χ3n) is 3.37. The zero-order valence-electron chi connectivity index (χ0n) is 12.8. The number of ether oxygens (including phenoxy) is 1. The van der Waals surface area contributed by atoms with Crippen LogP contribution in [-0.2, 0) is 4.74 Å². The standard InChI is InChI=1S/C16H20FNO3/c1-10-5-6-12(17)7-13(10)14(19)11-8-18(9-11)15(20)21-16(2,3)4/h5-7,11H,8-9H2,1-4H3. The molecule has 0 bridgehead atoms. The molecule has 4 nitrogen and oxygen atoms in total. The Morgan fingerprint density at radius 3 is 2.48 bits per heavy atom. The van der Waals surface area contributed by atoms with E-state index in [4.69, 9.17) is 4.74 Å². The Bertz CT molecular complexity index is 571. The molecule has 1 fully saturated rings. The maximum Gasteiger partial charge on any atom is 0.410 e. The molecule has 1 aliphatic rings. The summed E-state index contributed by atoms with van der Waals surface area (Å²) in [6.45, 7) is 7.81. The summed E-state index contributed by atoms with van der Waals surface area (Å²) in [6.07, 6.45) is -0.414. The van der Waals surface area contributed by atoms with Gasteiger partial charge in [-0.05, 0) is 45.4 Å². The van der Waals surface area contributed by atoms with Gasteiger partial charge in [0.05, 0.1) is 5.92 Å².